The fourth-order valence-electron chi connectivity index (χ4n) is 1.76. The van der Waals surface area contributed by atoms with E-state index in [-0.39, 0.29) is 12.6 Å². The number of aliphatic hydroxyl groups excluding tert-OH is 2. The van der Waals surface area contributed by atoms with Crippen molar-refractivity contribution in [1.82, 2.24) is 5.32 Å². The highest BCUT2D eigenvalue weighted by Gasteiger charge is 2.15. The maximum Gasteiger partial charge on any atom is 0.0940 e. The molecule has 3 N–H and O–H groups in total. The number of hydrogen-bond acceptors (Lipinski definition) is 3. The van der Waals surface area contributed by atoms with Gasteiger partial charge in [-0.15, -0.1) is 0 Å². The Morgan fingerprint density at radius 1 is 1.24 bits per heavy atom. The molecule has 3 nitrogen and oxygen atoms in total. The van der Waals surface area contributed by atoms with Crippen molar-refractivity contribution in [2.45, 2.75) is 39.3 Å². The van der Waals surface area contributed by atoms with Crippen LogP contribution in [0.5, 0.6) is 0 Å². The highest BCUT2D eigenvalue weighted by Crippen LogP contribution is 2.19. The first kappa shape index (κ1) is 14.2. The Balaban J connectivity index is 2.61. The third-order valence-corrected chi connectivity index (χ3v) is 3.15. The lowest BCUT2D eigenvalue weighted by Crippen LogP contribution is -2.33. The molecule has 0 bridgehead atoms. The summed E-state index contributed by atoms with van der Waals surface area (Å²) in [7, 11) is 0. The van der Waals surface area contributed by atoms with Crippen molar-refractivity contribution >= 4 is 0 Å². The normalized spacial score (nSPS) is 14.6. The highest BCUT2D eigenvalue weighted by atomic mass is 16.3. The van der Waals surface area contributed by atoms with E-state index in [2.05, 4.69) is 19.2 Å². The second kappa shape index (κ2) is 6.74. The average Bonchev–Trinajstić information content (AvgIpc) is 2.32. The lowest BCUT2D eigenvalue weighted by atomic mass is 9.99. The van der Waals surface area contributed by atoms with Gasteiger partial charge in [-0.25, -0.2) is 0 Å². The van der Waals surface area contributed by atoms with Crippen LogP contribution in [-0.2, 0) is 0 Å². The predicted octanol–water partition coefficient (Wildman–Crippen LogP) is 1.70. The molecule has 2 atom stereocenters. The van der Waals surface area contributed by atoms with Crippen LogP contribution in [0.1, 0.15) is 36.1 Å². The van der Waals surface area contributed by atoms with Gasteiger partial charge in [0.05, 0.1) is 6.10 Å². The maximum absolute atomic E-state index is 10.2. The molecule has 0 aromatic heterocycles. The monoisotopic (exact) mass is 237 g/mol. The van der Waals surface area contributed by atoms with E-state index >= 15 is 0 Å². The standard InChI is InChI=1S/C14H23NO2/c1-10-5-6-13(9-11(10)2)14(17)12(3)15-7-4-8-16/h5-6,9,12,14-17H,4,7-8H2,1-3H3. The van der Waals surface area contributed by atoms with Gasteiger partial charge >= 0.3 is 0 Å². The zero-order chi connectivity index (χ0) is 12.8. The minimum Gasteiger partial charge on any atom is -0.396 e. The Morgan fingerprint density at radius 3 is 2.53 bits per heavy atom. The fraction of sp³-hybridized carbons (Fsp3) is 0.571. The van der Waals surface area contributed by atoms with Crippen LogP contribution < -0.4 is 5.32 Å². The molecular formula is C14H23NO2. The summed E-state index contributed by atoms with van der Waals surface area (Å²) in [4.78, 5) is 0. The van der Waals surface area contributed by atoms with Gasteiger partial charge in [0.2, 0.25) is 0 Å². The summed E-state index contributed by atoms with van der Waals surface area (Å²) < 4.78 is 0. The molecule has 0 aliphatic carbocycles. The summed E-state index contributed by atoms with van der Waals surface area (Å²) in [6, 6.07) is 6.03. The molecule has 1 rings (SSSR count). The van der Waals surface area contributed by atoms with E-state index in [9.17, 15) is 5.11 Å². The van der Waals surface area contributed by atoms with E-state index in [0.29, 0.717) is 6.42 Å². The van der Waals surface area contributed by atoms with Crippen LogP contribution in [0, 0.1) is 13.8 Å². The van der Waals surface area contributed by atoms with Gasteiger partial charge in [0, 0.05) is 12.6 Å². The Hall–Kier alpha value is -0.900. The first-order chi connectivity index (χ1) is 8.06. The van der Waals surface area contributed by atoms with Crippen molar-refractivity contribution in [3.05, 3.63) is 34.9 Å². The van der Waals surface area contributed by atoms with Gasteiger partial charge < -0.3 is 15.5 Å². The Morgan fingerprint density at radius 2 is 1.94 bits per heavy atom. The second-order valence-corrected chi connectivity index (χ2v) is 4.61. The number of hydrogen-bond donors (Lipinski definition) is 3. The van der Waals surface area contributed by atoms with Gasteiger partial charge in [-0.3, -0.25) is 0 Å². The minimum atomic E-state index is -0.506. The van der Waals surface area contributed by atoms with Crippen LogP contribution in [0.4, 0.5) is 0 Å². The van der Waals surface area contributed by atoms with Crippen LogP contribution in [0.3, 0.4) is 0 Å². The molecule has 0 amide bonds. The van der Waals surface area contributed by atoms with Crippen LogP contribution in [-0.4, -0.2) is 29.4 Å². The minimum absolute atomic E-state index is 0.0105. The van der Waals surface area contributed by atoms with Gasteiger partial charge in [-0.2, -0.15) is 0 Å². The van der Waals surface area contributed by atoms with E-state index in [0.717, 1.165) is 12.1 Å². The smallest absolute Gasteiger partial charge is 0.0940 e. The maximum atomic E-state index is 10.2. The Kier molecular flexibility index (Phi) is 5.62. The molecule has 0 saturated carbocycles. The average molecular weight is 237 g/mol. The molecule has 0 radical (unpaired) electrons. The van der Waals surface area contributed by atoms with Gasteiger partial charge in [-0.1, -0.05) is 18.2 Å². The van der Waals surface area contributed by atoms with Crippen LogP contribution in [0.15, 0.2) is 18.2 Å². The summed E-state index contributed by atoms with van der Waals surface area (Å²) >= 11 is 0. The first-order valence-corrected chi connectivity index (χ1v) is 6.15. The van der Waals surface area contributed by atoms with Gasteiger partial charge in [0.15, 0.2) is 0 Å². The Labute approximate surface area is 103 Å². The van der Waals surface area contributed by atoms with Crippen molar-refractivity contribution in [2.75, 3.05) is 13.2 Å². The van der Waals surface area contributed by atoms with E-state index in [1.807, 2.05) is 25.1 Å². The number of nitrogens with one attached hydrogen (secondary N) is 1. The molecule has 0 spiro atoms. The third kappa shape index (κ3) is 4.11. The van der Waals surface area contributed by atoms with E-state index in [1.54, 1.807) is 0 Å². The molecule has 1 aromatic rings. The SMILES string of the molecule is Cc1ccc(C(O)C(C)NCCCO)cc1C. The van der Waals surface area contributed by atoms with Gasteiger partial charge in [0.1, 0.15) is 0 Å². The molecule has 2 unspecified atom stereocenters. The van der Waals surface area contributed by atoms with E-state index < -0.39 is 6.10 Å². The first-order valence-electron chi connectivity index (χ1n) is 6.15. The molecular weight excluding hydrogens is 214 g/mol. The number of benzene rings is 1. The van der Waals surface area contributed by atoms with Crippen molar-refractivity contribution in [3.8, 4) is 0 Å². The fourth-order valence-corrected chi connectivity index (χ4v) is 1.76. The number of aliphatic hydroxyl groups is 2. The molecule has 0 fully saturated rings. The molecule has 3 heteroatoms. The molecule has 0 aliphatic heterocycles. The van der Waals surface area contributed by atoms with E-state index in [4.69, 9.17) is 5.11 Å². The number of rotatable bonds is 6. The van der Waals surface area contributed by atoms with E-state index in [1.165, 1.54) is 11.1 Å². The lowest BCUT2D eigenvalue weighted by Gasteiger charge is -2.21. The molecule has 96 valence electrons. The van der Waals surface area contributed by atoms with Crippen molar-refractivity contribution in [3.63, 3.8) is 0 Å². The summed E-state index contributed by atoms with van der Waals surface area (Å²) in [5.41, 5.74) is 3.38. The molecule has 0 aliphatic rings. The largest absolute Gasteiger partial charge is 0.396 e. The van der Waals surface area contributed by atoms with Crippen molar-refractivity contribution in [2.24, 2.45) is 0 Å². The van der Waals surface area contributed by atoms with Gasteiger partial charge in [0.25, 0.3) is 0 Å². The molecule has 17 heavy (non-hydrogen) atoms. The van der Waals surface area contributed by atoms with Gasteiger partial charge in [-0.05, 0) is 50.4 Å². The summed E-state index contributed by atoms with van der Waals surface area (Å²) in [6.45, 7) is 6.97. The molecule has 0 heterocycles. The summed E-state index contributed by atoms with van der Waals surface area (Å²) in [5, 5.41) is 22.1. The highest BCUT2D eigenvalue weighted by molar-refractivity contribution is 5.31. The summed E-state index contributed by atoms with van der Waals surface area (Å²) in [5.74, 6) is 0. The molecule has 0 saturated heterocycles. The van der Waals surface area contributed by atoms with Crippen molar-refractivity contribution in [1.29, 1.82) is 0 Å². The molecule has 1 aromatic carbocycles. The zero-order valence-electron chi connectivity index (χ0n) is 10.9. The van der Waals surface area contributed by atoms with Crippen LogP contribution in [0.2, 0.25) is 0 Å². The topological polar surface area (TPSA) is 52.5 Å². The number of aryl methyl sites for hydroxylation is 2. The van der Waals surface area contributed by atoms with Crippen LogP contribution in [0.25, 0.3) is 0 Å². The van der Waals surface area contributed by atoms with Crippen molar-refractivity contribution < 1.29 is 10.2 Å². The zero-order valence-corrected chi connectivity index (χ0v) is 10.9. The third-order valence-electron chi connectivity index (χ3n) is 3.15. The Bertz CT molecular complexity index is 352. The summed E-state index contributed by atoms with van der Waals surface area (Å²) in [6.07, 6.45) is 0.206. The van der Waals surface area contributed by atoms with Crippen LogP contribution >= 0.6 is 0 Å². The second-order valence-electron chi connectivity index (χ2n) is 4.61. The quantitative estimate of drug-likeness (QED) is 0.660. The lowest BCUT2D eigenvalue weighted by molar-refractivity contribution is 0.134. The predicted molar refractivity (Wildman–Crippen MR) is 70.0 cm³/mol.